The van der Waals surface area contributed by atoms with Crippen LogP contribution in [0.1, 0.15) is 52.4 Å². The van der Waals surface area contributed by atoms with Gasteiger partial charge in [0.15, 0.2) is 0 Å². The number of unbranched alkanes of at least 4 members (excludes halogenated alkanes) is 5. The maximum Gasteiger partial charge on any atom is 0.411 e. The summed E-state index contributed by atoms with van der Waals surface area (Å²) in [6.45, 7) is 7.88. The molecular weight excluding hydrogens is 246 g/mol. The van der Waals surface area contributed by atoms with Crippen LogP contribution >= 0.6 is 0 Å². The smallest absolute Gasteiger partial charge is 0.411 e. The van der Waals surface area contributed by atoms with Gasteiger partial charge in [-0.1, -0.05) is 45.6 Å². The van der Waals surface area contributed by atoms with Crippen LogP contribution in [0.25, 0.3) is 0 Å². The Morgan fingerprint density at radius 3 is 2.26 bits per heavy atom. The minimum atomic E-state index is -0.691. The van der Waals surface area contributed by atoms with Crippen molar-refractivity contribution < 1.29 is 19.1 Å². The second-order valence-electron chi connectivity index (χ2n) is 4.23. The Bertz CT molecular complexity index is 289. The van der Waals surface area contributed by atoms with Gasteiger partial charge in [-0.3, -0.25) is 5.32 Å². The van der Waals surface area contributed by atoms with Crippen molar-refractivity contribution in [2.75, 3.05) is 13.2 Å². The van der Waals surface area contributed by atoms with Gasteiger partial charge in [-0.15, -0.1) is 0 Å². The number of carbonyl (C=O) groups is 2. The molecule has 5 heteroatoms. The molecule has 0 aromatic carbocycles. The lowest BCUT2D eigenvalue weighted by molar-refractivity contribution is -0.139. The molecule has 0 radical (unpaired) electrons. The van der Waals surface area contributed by atoms with Gasteiger partial charge >= 0.3 is 12.1 Å². The lowest BCUT2D eigenvalue weighted by Gasteiger charge is -2.08. The van der Waals surface area contributed by atoms with Crippen LogP contribution in [0, 0.1) is 0 Å². The summed E-state index contributed by atoms with van der Waals surface area (Å²) >= 11 is 0. The number of ether oxygens (including phenoxy) is 2. The van der Waals surface area contributed by atoms with Crippen molar-refractivity contribution in [2.24, 2.45) is 0 Å². The second-order valence-corrected chi connectivity index (χ2v) is 4.23. The van der Waals surface area contributed by atoms with Crippen LogP contribution in [0.4, 0.5) is 4.79 Å². The van der Waals surface area contributed by atoms with Gasteiger partial charge in [-0.2, -0.15) is 0 Å². The standard InChI is InChI=1S/C14H25NO4/c1-4-6-7-8-9-10-11-19-13(16)12(3)15-14(17)18-5-2/h3-11H2,1-2H3,(H,15,17). The molecule has 0 rings (SSSR count). The van der Waals surface area contributed by atoms with Crippen LogP contribution in [0.15, 0.2) is 12.3 Å². The summed E-state index contributed by atoms with van der Waals surface area (Å²) in [6, 6.07) is 0. The molecular formula is C14H25NO4. The molecule has 19 heavy (non-hydrogen) atoms. The quantitative estimate of drug-likeness (QED) is 0.376. The highest BCUT2D eigenvalue weighted by Crippen LogP contribution is 2.05. The summed E-state index contributed by atoms with van der Waals surface area (Å²) in [5.41, 5.74) is -0.0931. The molecule has 0 aliphatic rings. The lowest BCUT2D eigenvalue weighted by atomic mass is 10.1. The summed E-state index contributed by atoms with van der Waals surface area (Å²) in [5.74, 6) is -0.610. The molecule has 0 saturated carbocycles. The van der Waals surface area contributed by atoms with Gasteiger partial charge in [0.1, 0.15) is 5.70 Å². The molecule has 0 bridgehead atoms. The molecule has 110 valence electrons. The Kier molecular flexibility index (Phi) is 10.6. The third-order valence-corrected chi connectivity index (χ3v) is 2.51. The van der Waals surface area contributed by atoms with Gasteiger partial charge in [0.2, 0.25) is 0 Å². The maximum absolute atomic E-state index is 11.4. The van der Waals surface area contributed by atoms with Crippen LogP contribution in [-0.2, 0) is 14.3 Å². The normalized spacial score (nSPS) is 9.79. The monoisotopic (exact) mass is 271 g/mol. The summed E-state index contributed by atoms with van der Waals surface area (Å²) in [7, 11) is 0. The van der Waals surface area contributed by atoms with E-state index < -0.39 is 12.1 Å². The highest BCUT2D eigenvalue weighted by atomic mass is 16.6. The topological polar surface area (TPSA) is 64.6 Å². The van der Waals surface area contributed by atoms with Gasteiger partial charge in [0.05, 0.1) is 13.2 Å². The first kappa shape index (κ1) is 17.5. The molecule has 0 atom stereocenters. The Morgan fingerprint density at radius 1 is 1.00 bits per heavy atom. The van der Waals surface area contributed by atoms with Gasteiger partial charge in [-0.05, 0) is 13.3 Å². The summed E-state index contributed by atoms with van der Waals surface area (Å²) in [5, 5.41) is 2.22. The molecule has 1 N–H and O–H groups in total. The fourth-order valence-electron chi connectivity index (χ4n) is 1.48. The number of rotatable bonds is 10. The van der Waals surface area contributed by atoms with Gasteiger partial charge < -0.3 is 9.47 Å². The molecule has 1 amide bonds. The molecule has 0 aliphatic carbocycles. The van der Waals surface area contributed by atoms with Crippen molar-refractivity contribution in [3.05, 3.63) is 12.3 Å². The molecule has 0 fully saturated rings. The third kappa shape index (κ3) is 10.1. The number of alkyl carbamates (subject to hydrolysis) is 1. The van der Waals surface area contributed by atoms with Crippen molar-refractivity contribution in [3.8, 4) is 0 Å². The largest absolute Gasteiger partial charge is 0.461 e. The summed E-state index contributed by atoms with van der Waals surface area (Å²) in [4.78, 5) is 22.5. The fourth-order valence-corrected chi connectivity index (χ4v) is 1.48. The number of hydrogen-bond donors (Lipinski definition) is 1. The van der Waals surface area contributed by atoms with E-state index in [1.54, 1.807) is 6.92 Å². The number of amides is 1. The molecule has 0 saturated heterocycles. The average Bonchev–Trinajstić information content (AvgIpc) is 2.37. The van der Waals surface area contributed by atoms with E-state index in [-0.39, 0.29) is 12.3 Å². The SMILES string of the molecule is C=C(NC(=O)OCC)C(=O)OCCCCCCCC. The fraction of sp³-hybridized carbons (Fsp3) is 0.714. The minimum Gasteiger partial charge on any atom is -0.461 e. The van der Waals surface area contributed by atoms with Crippen LogP contribution in [-0.4, -0.2) is 25.3 Å². The number of nitrogens with one attached hydrogen (secondary N) is 1. The summed E-state index contributed by atoms with van der Waals surface area (Å²) < 4.78 is 9.61. The predicted molar refractivity (Wildman–Crippen MR) is 73.6 cm³/mol. The Balaban J connectivity index is 3.57. The highest BCUT2D eigenvalue weighted by Gasteiger charge is 2.11. The van der Waals surface area contributed by atoms with Crippen LogP contribution in [0.3, 0.4) is 0 Å². The third-order valence-electron chi connectivity index (χ3n) is 2.51. The minimum absolute atomic E-state index is 0.0931. The first-order chi connectivity index (χ1) is 9.11. The Morgan fingerprint density at radius 2 is 1.63 bits per heavy atom. The van der Waals surface area contributed by atoms with E-state index in [2.05, 4.69) is 23.6 Å². The maximum atomic E-state index is 11.4. The van der Waals surface area contributed by atoms with Crippen LogP contribution in [0.2, 0.25) is 0 Å². The number of carbonyl (C=O) groups excluding carboxylic acids is 2. The van der Waals surface area contributed by atoms with Gasteiger partial charge in [0.25, 0.3) is 0 Å². The zero-order chi connectivity index (χ0) is 14.5. The number of hydrogen-bond acceptors (Lipinski definition) is 4. The van der Waals surface area contributed by atoms with E-state index in [1.165, 1.54) is 19.3 Å². The van der Waals surface area contributed by atoms with Crippen LogP contribution in [0.5, 0.6) is 0 Å². The predicted octanol–water partition coefficient (Wildman–Crippen LogP) is 3.15. The first-order valence-electron chi connectivity index (χ1n) is 6.91. The Labute approximate surface area is 115 Å². The summed E-state index contributed by atoms with van der Waals surface area (Å²) in [6.07, 6.45) is 6.04. The van der Waals surface area contributed by atoms with E-state index >= 15 is 0 Å². The molecule has 0 heterocycles. The first-order valence-corrected chi connectivity index (χ1v) is 6.91. The van der Waals surface area contributed by atoms with Crippen molar-refractivity contribution in [1.29, 1.82) is 0 Å². The second kappa shape index (κ2) is 11.6. The van der Waals surface area contributed by atoms with Gasteiger partial charge in [0, 0.05) is 0 Å². The van der Waals surface area contributed by atoms with Crippen molar-refractivity contribution in [3.63, 3.8) is 0 Å². The number of esters is 1. The van der Waals surface area contributed by atoms with Crippen LogP contribution < -0.4 is 5.32 Å². The molecule has 0 spiro atoms. The molecule has 0 aromatic heterocycles. The van der Waals surface area contributed by atoms with Gasteiger partial charge in [-0.25, -0.2) is 9.59 Å². The molecule has 0 aromatic rings. The highest BCUT2D eigenvalue weighted by molar-refractivity contribution is 5.91. The van der Waals surface area contributed by atoms with Crippen molar-refractivity contribution in [1.82, 2.24) is 5.32 Å². The zero-order valence-electron chi connectivity index (χ0n) is 12.0. The van der Waals surface area contributed by atoms with E-state index in [0.29, 0.717) is 6.61 Å². The Hall–Kier alpha value is -1.52. The van der Waals surface area contributed by atoms with E-state index in [1.807, 2.05) is 0 Å². The van der Waals surface area contributed by atoms with Crippen molar-refractivity contribution >= 4 is 12.1 Å². The van der Waals surface area contributed by atoms with E-state index in [4.69, 9.17) is 4.74 Å². The average molecular weight is 271 g/mol. The zero-order valence-corrected chi connectivity index (χ0v) is 12.0. The molecule has 0 unspecified atom stereocenters. The van der Waals surface area contributed by atoms with E-state index in [0.717, 1.165) is 19.3 Å². The molecule has 5 nitrogen and oxygen atoms in total. The van der Waals surface area contributed by atoms with Crippen molar-refractivity contribution in [2.45, 2.75) is 52.4 Å². The lowest BCUT2D eigenvalue weighted by Crippen LogP contribution is -2.28. The van der Waals surface area contributed by atoms with E-state index in [9.17, 15) is 9.59 Å². The molecule has 0 aliphatic heterocycles.